The molecule has 1 heterocycles. The van der Waals surface area contributed by atoms with Crippen LogP contribution in [0.25, 0.3) is 0 Å². The molecule has 3 heteroatoms. The molecule has 2 N–H and O–H groups in total. The zero-order valence-electron chi connectivity index (χ0n) is 11.5. The monoisotopic (exact) mass is 247 g/mol. The fraction of sp³-hybridized carbons (Fsp3) is 0.600. The molecule has 100 valence electrons. The maximum Gasteiger partial charge on any atom is 0.0292 e. The summed E-state index contributed by atoms with van der Waals surface area (Å²) in [6.07, 6.45) is 0. The number of hydrogen-bond acceptors (Lipinski definition) is 3. The van der Waals surface area contributed by atoms with Crippen LogP contribution >= 0.6 is 0 Å². The van der Waals surface area contributed by atoms with Gasteiger partial charge >= 0.3 is 0 Å². The van der Waals surface area contributed by atoms with Crippen LogP contribution in [0, 0.1) is 0 Å². The van der Waals surface area contributed by atoms with Crippen molar-refractivity contribution in [2.24, 2.45) is 0 Å². The van der Waals surface area contributed by atoms with E-state index in [-0.39, 0.29) is 0 Å². The third-order valence-corrected chi connectivity index (χ3v) is 3.79. The Kier molecular flexibility index (Phi) is 5.17. The second kappa shape index (κ2) is 6.88. The molecule has 3 nitrogen and oxygen atoms in total. The Balaban J connectivity index is 1.76. The number of piperazine rings is 1. The van der Waals surface area contributed by atoms with Gasteiger partial charge in [-0.2, -0.15) is 0 Å². The first-order valence-electron chi connectivity index (χ1n) is 7.00. The molecular weight excluding hydrogens is 222 g/mol. The molecule has 0 bridgehead atoms. The number of benzene rings is 1. The maximum atomic E-state index is 3.63. The largest absolute Gasteiger partial charge is 0.314 e. The SMILES string of the molecule is CC(NCC(C)N1CCNCC1)c1ccccc1. The summed E-state index contributed by atoms with van der Waals surface area (Å²) in [5, 5.41) is 7.03. The van der Waals surface area contributed by atoms with Gasteiger partial charge in [0.05, 0.1) is 0 Å². The molecule has 0 aliphatic carbocycles. The summed E-state index contributed by atoms with van der Waals surface area (Å²) in [6.45, 7) is 10.2. The Bertz CT molecular complexity index is 333. The predicted molar refractivity (Wildman–Crippen MR) is 76.8 cm³/mol. The Morgan fingerprint density at radius 3 is 2.50 bits per heavy atom. The summed E-state index contributed by atoms with van der Waals surface area (Å²) >= 11 is 0. The van der Waals surface area contributed by atoms with Gasteiger partial charge in [0.1, 0.15) is 0 Å². The van der Waals surface area contributed by atoms with Crippen molar-refractivity contribution in [2.75, 3.05) is 32.7 Å². The van der Waals surface area contributed by atoms with Crippen LogP contribution in [0.2, 0.25) is 0 Å². The lowest BCUT2D eigenvalue weighted by Gasteiger charge is -2.33. The summed E-state index contributed by atoms with van der Waals surface area (Å²) < 4.78 is 0. The Morgan fingerprint density at radius 2 is 1.83 bits per heavy atom. The lowest BCUT2D eigenvalue weighted by Crippen LogP contribution is -2.50. The van der Waals surface area contributed by atoms with Gasteiger partial charge in [-0.3, -0.25) is 4.90 Å². The van der Waals surface area contributed by atoms with Crippen molar-refractivity contribution in [3.8, 4) is 0 Å². The summed E-state index contributed by atoms with van der Waals surface area (Å²) in [4.78, 5) is 2.56. The van der Waals surface area contributed by atoms with Crippen molar-refractivity contribution in [3.63, 3.8) is 0 Å². The highest BCUT2D eigenvalue weighted by Gasteiger charge is 2.16. The minimum Gasteiger partial charge on any atom is -0.314 e. The van der Waals surface area contributed by atoms with E-state index in [0.29, 0.717) is 12.1 Å². The molecule has 2 rings (SSSR count). The topological polar surface area (TPSA) is 27.3 Å². The molecule has 2 unspecified atom stereocenters. The molecule has 1 fully saturated rings. The first-order valence-corrected chi connectivity index (χ1v) is 7.00. The van der Waals surface area contributed by atoms with Crippen molar-refractivity contribution in [3.05, 3.63) is 35.9 Å². The quantitative estimate of drug-likeness (QED) is 0.828. The van der Waals surface area contributed by atoms with Gasteiger partial charge < -0.3 is 10.6 Å². The van der Waals surface area contributed by atoms with E-state index in [1.165, 1.54) is 18.7 Å². The predicted octanol–water partition coefficient (Wildman–Crippen LogP) is 1.63. The van der Waals surface area contributed by atoms with Crippen molar-refractivity contribution >= 4 is 0 Å². The summed E-state index contributed by atoms with van der Waals surface area (Å²) in [7, 11) is 0. The molecule has 1 aliphatic rings. The molecule has 1 aromatic carbocycles. The van der Waals surface area contributed by atoms with E-state index in [1.807, 2.05) is 0 Å². The molecule has 0 spiro atoms. The van der Waals surface area contributed by atoms with Crippen molar-refractivity contribution in [1.29, 1.82) is 0 Å². The van der Waals surface area contributed by atoms with Gasteiger partial charge in [-0.15, -0.1) is 0 Å². The zero-order chi connectivity index (χ0) is 12.8. The smallest absolute Gasteiger partial charge is 0.0292 e. The van der Waals surface area contributed by atoms with Crippen LogP contribution in [0.4, 0.5) is 0 Å². The maximum absolute atomic E-state index is 3.63. The summed E-state index contributed by atoms with van der Waals surface area (Å²) in [5.74, 6) is 0. The molecule has 1 aliphatic heterocycles. The van der Waals surface area contributed by atoms with E-state index in [2.05, 4.69) is 59.7 Å². The molecule has 0 saturated carbocycles. The lowest BCUT2D eigenvalue weighted by molar-refractivity contribution is 0.178. The minimum atomic E-state index is 0.427. The first kappa shape index (κ1) is 13.5. The average molecular weight is 247 g/mol. The third-order valence-electron chi connectivity index (χ3n) is 3.79. The van der Waals surface area contributed by atoms with Crippen LogP contribution in [0.15, 0.2) is 30.3 Å². The van der Waals surface area contributed by atoms with Gasteiger partial charge in [-0.1, -0.05) is 30.3 Å². The Hall–Kier alpha value is -0.900. The number of hydrogen-bond donors (Lipinski definition) is 2. The summed E-state index contributed by atoms with van der Waals surface area (Å²) in [5.41, 5.74) is 1.37. The van der Waals surface area contributed by atoms with Gasteiger partial charge in [-0.25, -0.2) is 0 Å². The van der Waals surface area contributed by atoms with E-state index >= 15 is 0 Å². The van der Waals surface area contributed by atoms with Crippen LogP contribution in [0.3, 0.4) is 0 Å². The van der Waals surface area contributed by atoms with E-state index < -0.39 is 0 Å². The summed E-state index contributed by atoms with van der Waals surface area (Å²) in [6, 6.07) is 11.7. The van der Waals surface area contributed by atoms with Crippen molar-refractivity contribution in [2.45, 2.75) is 25.9 Å². The normalized spacial score (nSPS) is 20.6. The average Bonchev–Trinajstić information content (AvgIpc) is 2.46. The highest BCUT2D eigenvalue weighted by atomic mass is 15.2. The lowest BCUT2D eigenvalue weighted by atomic mass is 10.1. The molecular formula is C15H25N3. The molecule has 1 saturated heterocycles. The van der Waals surface area contributed by atoms with Crippen LogP contribution in [-0.2, 0) is 0 Å². The second-order valence-electron chi connectivity index (χ2n) is 5.18. The number of nitrogens with zero attached hydrogens (tertiary/aromatic N) is 1. The molecule has 0 radical (unpaired) electrons. The molecule has 18 heavy (non-hydrogen) atoms. The van der Waals surface area contributed by atoms with E-state index in [9.17, 15) is 0 Å². The van der Waals surface area contributed by atoms with Gasteiger partial charge in [0.25, 0.3) is 0 Å². The molecule has 2 atom stereocenters. The van der Waals surface area contributed by atoms with Gasteiger partial charge in [0.15, 0.2) is 0 Å². The number of rotatable bonds is 5. The van der Waals surface area contributed by atoms with Crippen LogP contribution in [-0.4, -0.2) is 43.7 Å². The molecule has 0 amide bonds. The van der Waals surface area contributed by atoms with Crippen LogP contribution in [0.5, 0.6) is 0 Å². The standard InChI is InChI=1S/C15H25N3/c1-13(18-10-8-16-9-11-18)12-17-14(2)15-6-4-3-5-7-15/h3-7,13-14,16-17H,8-12H2,1-2H3. The van der Waals surface area contributed by atoms with Gasteiger partial charge in [0.2, 0.25) is 0 Å². The highest BCUT2D eigenvalue weighted by Crippen LogP contribution is 2.11. The molecule has 0 aromatic heterocycles. The van der Waals surface area contributed by atoms with Crippen molar-refractivity contribution < 1.29 is 0 Å². The second-order valence-corrected chi connectivity index (χ2v) is 5.18. The van der Waals surface area contributed by atoms with Crippen molar-refractivity contribution in [1.82, 2.24) is 15.5 Å². The first-order chi connectivity index (χ1) is 8.77. The zero-order valence-corrected chi connectivity index (χ0v) is 11.5. The van der Waals surface area contributed by atoms with E-state index in [1.54, 1.807) is 0 Å². The molecule has 1 aromatic rings. The van der Waals surface area contributed by atoms with Crippen LogP contribution < -0.4 is 10.6 Å². The van der Waals surface area contributed by atoms with E-state index in [4.69, 9.17) is 0 Å². The Labute approximate surface area is 111 Å². The fourth-order valence-corrected chi connectivity index (χ4v) is 2.46. The highest BCUT2D eigenvalue weighted by molar-refractivity contribution is 5.18. The van der Waals surface area contributed by atoms with Crippen LogP contribution in [0.1, 0.15) is 25.5 Å². The van der Waals surface area contributed by atoms with Gasteiger partial charge in [-0.05, 0) is 19.4 Å². The Morgan fingerprint density at radius 1 is 1.17 bits per heavy atom. The van der Waals surface area contributed by atoms with Gasteiger partial charge in [0, 0.05) is 44.8 Å². The minimum absolute atomic E-state index is 0.427. The fourth-order valence-electron chi connectivity index (χ4n) is 2.46. The number of nitrogens with one attached hydrogen (secondary N) is 2. The van der Waals surface area contributed by atoms with E-state index in [0.717, 1.165) is 19.6 Å². The third kappa shape index (κ3) is 3.80.